The summed E-state index contributed by atoms with van der Waals surface area (Å²) in [5, 5.41) is 2.16. The SMILES string of the molecule is Cc1ncc(C(N)c2ccc3ncccc3c2)s1. The van der Waals surface area contributed by atoms with Crippen LogP contribution in [-0.2, 0) is 0 Å². The van der Waals surface area contributed by atoms with E-state index in [1.807, 2.05) is 31.3 Å². The Morgan fingerprint density at radius 3 is 2.89 bits per heavy atom. The van der Waals surface area contributed by atoms with Gasteiger partial charge in [0.25, 0.3) is 0 Å². The van der Waals surface area contributed by atoms with E-state index in [-0.39, 0.29) is 6.04 Å². The molecule has 0 radical (unpaired) electrons. The lowest BCUT2D eigenvalue weighted by atomic mass is 10.0. The molecule has 0 bridgehead atoms. The van der Waals surface area contributed by atoms with Gasteiger partial charge in [-0.2, -0.15) is 0 Å². The minimum Gasteiger partial charge on any atom is -0.320 e. The number of rotatable bonds is 2. The van der Waals surface area contributed by atoms with Gasteiger partial charge in [-0.05, 0) is 30.7 Å². The molecule has 0 aliphatic rings. The van der Waals surface area contributed by atoms with Crippen molar-refractivity contribution in [1.29, 1.82) is 0 Å². The number of thiazole rings is 1. The Morgan fingerprint density at radius 2 is 2.11 bits per heavy atom. The molecular weight excluding hydrogens is 242 g/mol. The number of nitrogens with two attached hydrogens (primary N) is 1. The molecule has 3 rings (SSSR count). The van der Waals surface area contributed by atoms with E-state index in [0.717, 1.165) is 26.4 Å². The molecule has 0 aliphatic carbocycles. The van der Waals surface area contributed by atoms with Gasteiger partial charge in [-0.1, -0.05) is 12.1 Å². The highest BCUT2D eigenvalue weighted by molar-refractivity contribution is 7.11. The number of fused-ring (bicyclic) bond motifs is 1. The average Bonchev–Trinajstić information content (AvgIpc) is 2.84. The van der Waals surface area contributed by atoms with Crippen LogP contribution in [0.1, 0.15) is 21.5 Å². The van der Waals surface area contributed by atoms with Crippen molar-refractivity contribution in [3.63, 3.8) is 0 Å². The normalized spacial score (nSPS) is 12.8. The van der Waals surface area contributed by atoms with E-state index in [1.165, 1.54) is 0 Å². The van der Waals surface area contributed by atoms with Crippen LogP contribution in [0.3, 0.4) is 0 Å². The predicted octanol–water partition coefficient (Wildman–Crippen LogP) is 3.05. The van der Waals surface area contributed by atoms with Crippen molar-refractivity contribution in [2.45, 2.75) is 13.0 Å². The van der Waals surface area contributed by atoms with Crippen LogP contribution in [-0.4, -0.2) is 9.97 Å². The zero-order valence-corrected chi connectivity index (χ0v) is 10.8. The molecule has 0 saturated carbocycles. The maximum absolute atomic E-state index is 6.27. The number of nitrogens with zero attached hydrogens (tertiary/aromatic N) is 2. The largest absolute Gasteiger partial charge is 0.320 e. The van der Waals surface area contributed by atoms with Crippen LogP contribution in [0.4, 0.5) is 0 Å². The standard InChI is InChI=1S/C14H13N3S/c1-9-17-8-13(18-9)14(15)11-4-5-12-10(7-11)3-2-6-16-12/h2-8,14H,15H2,1H3. The van der Waals surface area contributed by atoms with Crippen molar-refractivity contribution in [1.82, 2.24) is 9.97 Å². The molecule has 0 aliphatic heterocycles. The monoisotopic (exact) mass is 255 g/mol. The van der Waals surface area contributed by atoms with Gasteiger partial charge in [-0.3, -0.25) is 4.98 Å². The smallest absolute Gasteiger partial charge is 0.0897 e. The van der Waals surface area contributed by atoms with Crippen molar-refractivity contribution in [2.75, 3.05) is 0 Å². The topological polar surface area (TPSA) is 51.8 Å². The van der Waals surface area contributed by atoms with Gasteiger partial charge < -0.3 is 5.73 Å². The Morgan fingerprint density at radius 1 is 1.22 bits per heavy atom. The van der Waals surface area contributed by atoms with Crippen LogP contribution in [0.15, 0.2) is 42.7 Å². The van der Waals surface area contributed by atoms with Crippen molar-refractivity contribution in [2.24, 2.45) is 5.73 Å². The molecular formula is C14H13N3S. The second-order valence-electron chi connectivity index (χ2n) is 4.21. The van der Waals surface area contributed by atoms with Gasteiger partial charge in [-0.15, -0.1) is 11.3 Å². The van der Waals surface area contributed by atoms with E-state index >= 15 is 0 Å². The van der Waals surface area contributed by atoms with E-state index in [1.54, 1.807) is 17.5 Å². The number of benzene rings is 1. The average molecular weight is 255 g/mol. The van der Waals surface area contributed by atoms with Crippen LogP contribution >= 0.6 is 11.3 Å². The Kier molecular flexibility index (Phi) is 2.81. The van der Waals surface area contributed by atoms with Gasteiger partial charge in [0.2, 0.25) is 0 Å². The molecule has 90 valence electrons. The zero-order valence-electron chi connectivity index (χ0n) is 10.00. The first-order chi connectivity index (χ1) is 8.74. The van der Waals surface area contributed by atoms with Crippen LogP contribution in [0.2, 0.25) is 0 Å². The Labute approximate surface area is 109 Å². The van der Waals surface area contributed by atoms with E-state index in [9.17, 15) is 0 Å². The molecule has 18 heavy (non-hydrogen) atoms. The molecule has 1 atom stereocenters. The van der Waals surface area contributed by atoms with Gasteiger partial charge >= 0.3 is 0 Å². The third-order valence-corrected chi connectivity index (χ3v) is 3.93. The molecule has 0 amide bonds. The van der Waals surface area contributed by atoms with E-state index in [2.05, 4.69) is 22.1 Å². The number of hydrogen-bond donors (Lipinski definition) is 1. The molecule has 2 aromatic heterocycles. The summed E-state index contributed by atoms with van der Waals surface area (Å²) in [6.07, 6.45) is 3.66. The van der Waals surface area contributed by atoms with Gasteiger partial charge in [-0.25, -0.2) is 4.98 Å². The summed E-state index contributed by atoms with van der Waals surface area (Å²) in [4.78, 5) is 9.65. The van der Waals surface area contributed by atoms with Crippen LogP contribution < -0.4 is 5.73 Å². The Hall–Kier alpha value is -1.78. The molecule has 0 spiro atoms. The number of hydrogen-bond acceptors (Lipinski definition) is 4. The van der Waals surface area contributed by atoms with Crippen LogP contribution in [0.25, 0.3) is 10.9 Å². The number of aryl methyl sites for hydroxylation is 1. The van der Waals surface area contributed by atoms with Crippen molar-refractivity contribution in [3.05, 3.63) is 58.2 Å². The lowest BCUT2D eigenvalue weighted by Crippen LogP contribution is -2.10. The fraction of sp³-hybridized carbons (Fsp3) is 0.143. The molecule has 3 aromatic rings. The second kappa shape index (κ2) is 4.48. The van der Waals surface area contributed by atoms with Crippen molar-refractivity contribution >= 4 is 22.2 Å². The van der Waals surface area contributed by atoms with Crippen molar-refractivity contribution in [3.8, 4) is 0 Å². The summed E-state index contributed by atoms with van der Waals surface area (Å²) in [7, 11) is 0. The fourth-order valence-electron chi connectivity index (χ4n) is 1.97. The summed E-state index contributed by atoms with van der Waals surface area (Å²) >= 11 is 1.64. The fourth-order valence-corrected chi connectivity index (χ4v) is 2.79. The Bertz CT molecular complexity index is 690. The molecule has 4 heteroatoms. The summed E-state index contributed by atoms with van der Waals surface area (Å²) in [5.74, 6) is 0. The minimum atomic E-state index is -0.110. The minimum absolute atomic E-state index is 0.110. The van der Waals surface area contributed by atoms with Crippen LogP contribution in [0, 0.1) is 6.92 Å². The molecule has 2 N–H and O–H groups in total. The van der Waals surface area contributed by atoms with Gasteiger partial charge in [0.15, 0.2) is 0 Å². The second-order valence-corrected chi connectivity index (χ2v) is 5.48. The van der Waals surface area contributed by atoms with Crippen LogP contribution in [0.5, 0.6) is 0 Å². The summed E-state index contributed by atoms with van der Waals surface area (Å²) < 4.78 is 0. The first-order valence-corrected chi connectivity index (χ1v) is 6.58. The highest BCUT2D eigenvalue weighted by Crippen LogP contribution is 2.26. The first-order valence-electron chi connectivity index (χ1n) is 5.76. The van der Waals surface area contributed by atoms with E-state index in [0.29, 0.717) is 0 Å². The molecule has 3 nitrogen and oxygen atoms in total. The first kappa shape index (κ1) is 11.3. The lowest BCUT2D eigenvalue weighted by molar-refractivity contribution is 0.891. The number of pyridine rings is 1. The maximum atomic E-state index is 6.27. The van der Waals surface area contributed by atoms with Gasteiger partial charge in [0.05, 0.1) is 16.6 Å². The summed E-state index contributed by atoms with van der Waals surface area (Å²) in [5.41, 5.74) is 8.36. The Balaban J connectivity index is 2.03. The maximum Gasteiger partial charge on any atom is 0.0897 e. The summed E-state index contributed by atoms with van der Waals surface area (Å²) in [6, 6.07) is 10.0. The van der Waals surface area contributed by atoms with Gasteiger partial charge in [0, 0.05) is 22.7 Å². The lowest BCUT2D eigenvalue weighted by Gasteiger charge is -2.10. The zero-order chi connectivity index (χ0) is 12.5. The molecule has 1 unspecified atom stereocenters. The molecule has 2 heterocycles. The third-order valence-electron chi connectivity index (χ3n) is 2.93. The molecule has 1 aromatic carbocycles. The quantitative estimate of drug-likeness (QED) is 0.765. The van der Waals surface area contributed by atoms with E-state index < -0.39 is 0 Å². The summed E-state index contributed by atoms with van der Waals surface area (Å²) in [6.45, 7) is 1.99. The third kappa shape index (κ3) is 2.00. The van der Waals surface area contributed by atoms with E-state index in [4.69, 9.17) is 5.73 Å². The highest BCUT2D eigenvalue weighted by atomic mass is 32.1. The predicted molar refractivity (Wildman–Crippen MR) is 74.6 cm³/mol. The number of aromatic nitrogens is 2. The van der Waals surface area contributed by atoms with Crippen molar-refractivity contribution < 1.29 is 0 Å². The highest BCUT2D eigenvalue weighted by Gasteiger charge is 2.12. The van der Waals surface area contributed by atoms with Gasteiger partial charge in [0.1, 0.15) is 0 Å². The molecule has 0 saturated heterocycles. The molecule has 0 fully saturated rings.